The molecule has 0 unspecified atom stereocenters. The van der Waals surface area contributed by atoms with Crippen LogP contribution in [0.4, 0.5) is 0 Å². The van der Waals surface area contributed by atoms with Crippen LogP contribution in [0.15, 0.2) is 42.5 Å². The van der Waals surface area contributed by atoms with Gasteiger partial charge in [0.25, 0.3) is 0 Å². The first-order valence-electron chi connectivity index (χ1n) is 6.67. The average molecular weight is 255 g/mol. The van der Waals surface area contributed by atoms with Gasteiger partial charge in [-0.2, -0.15) is 0 Å². The Bertz CT molecular complexity index is 531. The van der Waals surface area contributed by atoms with Crippen LogP contribution in [0.25, 0.3) is 0 Å². The van der Waals surface area contributed by atoms with Crippen LogP contribution in [0.3, 0.4) is 0 Å². The van der Waals surface area contributed by atoms with E-state index >= 15 is 0 Å². The molecule has 0 saturated carbocycles. The van der Waals surface area contributed by atoms with Crippen LogP contribution in [-0.4, -0.2) is 6.54 Å². The van der Waals surface area contributed by atoms with Crippen molar-refractivity contribution in [1.82, 2.24) is 0 Å². The van der Waals surface area contributed by atoms with Crippen molar-refractivity contribution in [3.8, 4) is 5.75 Å². The van der Waals surface area contributed by atoms with E-state index in [4.69, 9.17) is 10.5 Å². The molecule has 2 rings (SSSR count). The summed E-state index contributed by atoms with van der Waals surface area (Å²) in [5, 5.41) is 0. The first kappa shape index (κ1) is 13.6. The number of benzene rings is 2. The molecule has 0 aliphatic carbocycles. The minimum Gasteiger partial charge on any atom is -0.489 e. The molecule has 0 radical (unpaired) electrons. The van der Waals surface area contributed by atoms with E-state index in [1.807, 2.05) is 12.1 Å². The third-order valence-corrected chi connectivity index (χ3v) is 3.41. The van der Waals surface area contributed by atoms with Gasteiger partial charge in [0.15, 0.2) is 0 Å². The zero-order chi connectivity index (χ0) is 13.7. The standard InChI is InChI=1S/C17H21NO/c1-13-4-3-5-17(14(13)2)19-12-16-8-6-15(7-9-16)10-11-18/h3-9H,10-12,18H2,1-2H3. The highest BCUT2D eigenvalue weighted by atomic mass is 16.5. The Labute approximate surface area is 115 Å². The summed E-state index contributed by atoms with van der Waals surface area (Å²) in [5.74, 6) is 0.964. The van der Waals surface area contributed by atoms with Crippen LogP contribution >= 0.6 is 0 Å². The van der Waals surface area contributed by atoms with Crippen molar-refractivity contribution in [2.24, 2.45) is 5.73 Å². The van der Waals surface area contributed by atoms with E-state index in [1.54, 1.807) is 0 Å². The van der Waals surface area contributed by atoms with Gasteiger partial charge in [-0.05, 0) is 55.1 Å². The maximum atomic E-state index is 5.88. The van der Waals surface area contributed by atoms with Gasteiger partial charge in [0.05, 0.1) is 0 Å². The zero-order valence-electron chi connectivity index (χ0n) is 11.6. The lowest BCUT2D eigenvalue weighted by Gasteiger charge is -2.11. The summed E-state index contributed by atoms with van der Waals surface area (Å²) in [7, 11) is 0. The van der Waals surface area contributed by atoms with E-state index in [1.165, 1.54) is 22.3 Å². The second-order valence-corrected chi connectivity index (χ2v) is 4.84. The molecule has 0 saturated heterocycles. The monoisotopic (exact) mass is 255 g/mol. The molecule has 2 nitrogen and oxygen atoms in total. The Balaban J connectivity index is 2.00. The molecule has 19 heavy (non-hydrogen) atoms. The second kappa shape index (κ2) is 6.39. The van der Waals surface area contributed by atoms with Crippen molar-refractivity contribution in [2.45, 2.75) is 26.9 Å². The van der Waals surface area contributed by atoms with Crippen LogP contribution in [0.2, 0.25) is 0 Å². The quantitative estimate of drug-likeness (QED) is 0.889. The van der Waals surface area contributed by atoms with Crippen LogP contribution in [0.5, 0.6) is 5.75 Å². The Kier molecular flexibility index (Phi) is 4.58. The molecule has 100 valence electrons. The summed E-state index contributed by atoms with van der Waals surface area (Å²) < 4.78 is 5.88. The van der Waals surface area contributed by atoms with Crippen LogP contribution < -0.4 is 10.5 Å². The van der Waals surface area contributed by atoms with Gasteiger partial charge in [-0.15, -0.1) is 0 Å². The largest absolute Gasteiger partial charge is 0.489 e. The van der Waals surface area contributed by atoms with Crippen molar-refractivity contribution < 1.29 is 4.74 Å². The molecule has 0 amide bonds. The van der Waals surface area contributed by atoms with Crippen molar-refractivity contribution in [1.29, 1.82) is 0 Å². The third kappa shape index (κ3) is 3.58. The molecule has 2 aromatic carbocycles. The van der Waals surface area contributed by atoms with Gasteiger partial charge in [0, 0.05) is 0 Å². The molecule has 2 aromatic rings. The van der Waals surface area contributed by atoms with Gasteiger partial charge in [0.2, 0.25) is 0 Å². The molecular formula is C17H21NO. The third-order valence-electron chi connectivity index (χ3n) is 3.41. The summed E-state index contributed by atoms with van der Waals surface area (Å²) in [6.07, 6.45) is 0.929. The van der Waals surface area contributed by atoms with Crippen molar-refractivity contribution in [3.63, 3.8) is 0 Å². The first-order valence-corrected chi connectivity index (χ1v) is 6.67. The molecule has 0 fully saturated rings. The lowest BCUT2D eigenvalue weighted by atomic mass is 10.1. The summed E-state index contributed by atoms with van der Waals surface area (Å²) in [6, 6.07) is 14.6. The predicted octanol–water partition coefficient (Wildman–Crippen LogP) is 3.38. The van der Waals surface area contributed by atoms with Crippen molar-refractivity contribution >= 4 is 0 Å². The number of ether oxygens (including phenoxy) is 1. The van der Waals surface area contributed by atoms with Gasteiger partial charge in [0.1, 0.15) is 12.4 Å². The second-order valence-electron chi connectivity index (χ2n) is 4.84. The Hall–Kier alpha value is -1.80. The predicted molar refractivity (Wildman–Crippen MR) is 79.4 cm³/mol. The molecule has 0 heterocycles. The molecule has 0 aliphatic heterocycles. The number of hydrogen-bond donors (Lipinski definition) is 1. The molecule has 0 atom stereocenters. The van der Waals surface area contributed by atoms with Crippen LogP contribution in [0, 0.1) is 13.8 Å². The summed E-state index contributed by atoms with van der Waals surface area (Å²) >= 11 is 0. The zero-order valence-corrected chi connectivity index (χ0v) is 11.6. The van der Waals surface area contributed by atoms with Gasteiger partial charge >= 0.3 is 0 Å². The van der Waals surface area contributed by atoms with Gasteiger partial charge in [-0.1, -0.05) is 36.4 Å². The van der Waals surface area contributed by atoms with Gasteiger partial charge < -0.3 is 10.5 Å². The summed E-state index contributed by atoms with van der Waals surface area (Å²) in [5.41, 5.74) is 10.5. The average Bonchev–Trinajstić information content (AvgIpc) is 2.42. The number of nitrogens with two attached hydrogens (primary N) is 1. The molecule has 0 bridgehead atoms. The fraction of sp³-hybridized carbons (Fsp3) is 0.294. The van der Waals surface area contributed by atoms with E-state index in [2.05, 4.69) is 44.2 Å². The highest BCUT2D eigenvalue weighted by molar-refractivity contribution is 5.38. The maximum absolute atomic E-state index is 5.88. The van der Waals surface area contributed by atoms with Crippen LogP contribution in [0.1, 0.15) is 22.3 Å². The fourth-order valence-electron chi connectivity index (χ4n) is 2.01. The first-order chi connectivity index (χ1) is 9.20. The van der Waals surface area contributed by atoms with Gasteiger partial charge in [-0.25, -0.2) is 0 Å². The minimum absolute atomic E-state index is 0.604. The minimum atomic E-state index is 0.604. The fourth-order valence-corrected chi connectivity index (χ4v) is 2.01. The van der Waals surface area contributed by atoms with Crippen molar-refractivity contribution in [2.75, 3.05) is 6.54 Å². The Morgan fingerprint density at radius 2 is 1.63 bits per heavy atom. The summed E-state index contributed by atoms with van der Waals surface area (Å²) in [6.45, 7) is 5.49. The Morgan fingerprint density at radius 1 is 0.947 bits per heavy atom. The molecule has 0 spiro atoms. The van der Waals surface area contributed by atoms with E-state index in [0.29, 0.717) is 13.2 Å². The highest BCUT2D eigenvalue weighted by Crippen LogP contribution is 2.21. The molecular weight excluding hydrogens is 234 g/mol. The topological polar surface area (TPSA) is 35.2 Å². The van der Waals surface area contributed by atoms with E-state index in [-0.39, 0.29) is 0 Å². The van der Waals surface area contributed by atoms with E-state index < -0.39 is 0 Å². The summed E-state index contributed by atoms with van der Waals surface area (Å²) in [4.78, 5) is 0. The SMILES string of the molecule is Cc1cccc(OCc2ccc(CCN)cc2)c1C. The van der Waals surface area contributed by atoms with E-state index in [0.717, 1.165) is 12.2 Å². The maximum Gasteiger partial charge on any atom is 0.122 e. The normalized spacial score (nSPS) is 10.5. The van der Waals surface area contributed by atoms with Gasteiger partial charge in [-0.3, -0.25) is 0 Å². The molecule has 2 heteroatoms. The van der Waals surface area contributed by atoms with Crippen molar-refractivity contribution in [3.05, 3.63) is 64.7 Å². The lowest BCUT2D eigenvalue weighted by molar-refractivity contribution is 0.304. The number of aryl methyl sites for hydroxylation is 1. The molecule has 0 aliphatic rings. The lowest BCUT2D eigenvalue weighted by Crippen LogP contribution is -2.03. The number of rotatable bonds is 5. The highest BCUT2D eigenvalue weighted by Gasteiger charge is 2.02. The van der Waals surface area contributed by atoms with Crippen LogP contribution in [-0.2, 0) is 13.0 Å². The Morgan fingerprint density at radius 3 is 2.32 bits per heavy atom. The van der Waals surface area contributed by atoms with E-state index in [9.17, 15) is 0 Å². The smallest absolute Gasteiger partial charge is 0.122 e. The molecule has 0 aromatic heterocycles. The number of hydrogen-bond acceptors (Lipinski definition) is 2. The molecule has 2 N–H and O–H groups in total.